The number of esters is 1. The fourth-order valence-corrected chi connectivity index (χ4v) is 1.60. The van der Waals surface area contributed by atoms with Crippen LogP contribution in [0.3, 0.4) is 0 Å². The van der Waals surface area contributed by atoms with Crippen LogP contribution < -0.4 is 0 Å². The Kier molecular flexibility index (Phi) is 5.05. The van der Waals surface area contributed by atoms with Gasteiger partial charge in [-0.3, -0.25) is 0 Å². The Hall–Kier alpha value is -1.05. The van der Waals surface area contributed by atoms with E-state index in [1.54, 1.807) is 5.57 Å². The van der Waals surface area contributed by atoms with Gasteiger partial charge in [0.15, 0.2) is 0 Å². The van der Waals surface area contributed by atoms with Gasteiger partial charge < -0.3 is 4.74 Å². The molecule has 0 heterocycles. The van der Waals surface area contributed by atoms with Crippen LogP contribution in [0.15, 0.2) is 23.8 Å². The maximum Gasteiger partial charge on any atom is 0.330 e. The second-order valence-electron chi connectivity index (χ2n) is 3.45. The van der Waals surface area contributed by atoms with Gasteiger partial charge >= 0.3 is 5.97 Å². The van der Waals surface area contributed by atoms with Crippen LogP contribution in [0.5, 0.6) is 0 Å². The lowest BCUT2D eigenvalue weighted by molar-refractivity contribution is -0.137. The van der Waals surface area contributed by atoms with Crippen molar-refractivity contribution in [1.82, 2.24) is 0 Å². The number of hydrogen-bond donors (Lipinski definition) is 0. The third-order valence-electron chi connectivity index (χ3n) is 2.31. The van der Waals surface area contributed by atoms with Crippen molar-refractivity contribution in [3.63, 3.8) is 0 Å². The van der Waals surface area contributed by atoms with Gasteiger partial charge in [0.25, 0.3) is 0 Å². The Bertz CT molecular complexity index is 239. The molecular formula is C12H18O2. The highest BCUT2D eigenvalue weighted by Crippen LogP contribution is 2.21. The minimum Gasteiger partial charge on any atom is -0.463 e. The summed E-state index contributed by atoms with van der Waals surface area (Å²) in [4.78, 5) is 10.9. The normalized spacial score (nSPS) is 15.9. The summed E-state index contributed by atoms with van der Waals surface area (Å²) in [6.45, 7) is 2.27. The van der Waals surface area contributed by atoms with Crippen LogP contribution in [-0.2, 0) is 9.53 Å². The van der Waals surface area contributed by atoms with Gasteiger partial charge in [-0.15, -0.1) is 0 Å². The topological polar surface area (TPSA) is 26.3 Å². The highest BCUT2D eigenvalue weighted by Gasteiger charge is 2.02. The lowest BCUT2D eigenvalue weighted by Crippen LogP contribution is -1.98. The van der Waals surface area contributed by atoms with Gasteiger partial charge in [-0.25, -0.2) is 4.79 Å². The fourth-order valence-electron chi connectivity index (χ4n) is 1.60. The van der Waals surface area contributed by atoms with Crippen molar-refractivity contribution in [1.29, 1.82) is 0 Å². The van der Waals surface area contributed by atoms with Gasteiger partial charge in [-0.1, -0.05) is 17.7 Å². The third kappa shape index (κ3) is 4.26. The van der Waals surface area contributed by atoms with E-state index >= 15 is 0 Å². The van der Waals surface area contributed by atoms with Crippen molar-refractivity contribution in [3.8, 4) is 0 Å². The van der Waals surface area contributed by atoms with Crippen molar-refractivity contribution in [2.75, 3.05) is 6.61 Å². The van der Waals surface area contributed by atoms with Gasteiger partial charge in [0.05, 0.1) is 6.61 Å². The van der Waals surface area contributed by atoms with Gasteiger partial charge in [0, 0.05) is 6.08 Å². The number of ether oxygens (including phenoxy) is 1. The summed E-state index contributed by atoms with van der Waals surface area (Å²) in [7, 11) is 0. The summed E-state index contributed by atoms with van der Waals surface area (Å²) in [5.41, 5.74) is 1.54. The Morgan fingerprint density at radius 2 is 2.50 bits per heavy atom. The van der Waals surface area contributed by atoms with Gasteiger partial charge in [0.2, 0.25) is 0 Å². The molecule has 0 atom stereocenters. The molecule has 14 heavy (non-hydrogen) atoms. The summed E-state index contributed by atoms with van der Waals surface area (Å²) in [6, 6.07) is 0. The maximum atomic E-state index is 10.9. The highest BCUT2D eigenvalue weighted by molar-refractivity contribution is 5.81. The van der Waals surface area contributed by atoms with Gasteiger partial charge in [0.1, 0.15) is 0 Å². The van der Waals surface area contributed by atoms with Crippen molar-refractivity contribution >= 4 is 5.97 Å². The standard InChI is InChI=1S/C12H18O2/c1-2-14-12(13)10-6-5-9-11-7-3-4-8-11/h6-7,10H,2-5,8-9H2,1H3/b10-6+. The Morgan fingerprint density at radius 3 is 3.14 bits per heavy atom. The van der Waals surface area contributed by atoms with E-state index in [-0.39, 0.29) is 5.97 Å². The smallest absolute Gasteiger partial charge is 0.330 e. The first kappa shape index (κ1) is 11.0. The molecule has 0 saturated carbocycles. The molecule has 0 bridgehead atoms. The van der Waals surface area contributed by atoms with Crippen molar-refractivity contribution in [2.24, 2.45) is 0 Å². The monoisotopic (exact) mass is 194 g/mol. The van der Waals surface area contributed by atoms with E-state index in [4.69, 9.17) is 4.74 Å². The van der Waals surface area contributed by atoms with Crippen molar-refractivity contribution < 1.29 is 9.53 Å². The molecule has 0 unspecified atom stereocenters. The molecule has 0 aromatic rings. The van der Waals surface area contributed by atoms with E-state index < -0.39 is 0 Å². The summed E-state index contributed by atoms with van der Waals surface area (Å²) in [6.07, 6.45) is 11.6. The average Bonchev–Trinajstić information content (AvgIpc) is 2.65. The zero-order chi connectivity index (χ0) is 10.2. The average molecular weight is 194 g/mol. The van der Waals surface area contributed by atoms with Crippen LogP contribution in [0.1, 0.15) is 39.0 Å². The predicted octanol–water partition coefficient (Wildman–Crippen LogP) is 3.00. The molecule has 78 valence electrons. The number of rotatable bonds is 5. The molecule has 2 nitrogen and oxygen atoms in total. The third-order valence-corrected chi connectivity index (χ3v) is 2.31. The van der Waals surface area contributed by atoms with Crippen LogP contribution in [0.2, 0.25) is 0 Å². The van der Waals surface area contributed by atoms with Crippen LogP contribution >= 0.6 is 0 Å². The largest absolute Gasteiger partial charge is 0.463 e. The first-order chi connectivity index (χ1) is 6.83. The molecule has 0 N–H and O–H groups in total. The SMILES string of the molecule is CCOC(=O)/C=C/CCC1=CCCC1. The van der Waals surface area contributed by atoms with Crippen LogP contribution in [-0.4, -0.2) is 12.6 Å². The fraction of sp³-hybridized carbons (Fsp3) is 0.583. The summed E-state index contributed by atoms with van der Waals surface area (Å²) in [5, 5.41) is 0. The van der Waals surface area contributed by atoms with Gasteiger partial charge in [-0.05, 0) is 39.0 Å². The molecule has 0 aromatic carbocycles. The predicted molar refractivity (Wildman–Crippen MR) is 56.9 cm³/mol. The molecule has 1 rings (SSSR count). The lowest BCUT2D eigenvalue weighted by Gasteiger charge is -1.97. The van der Waals surface area contributed by atoms with E-state index in [0.29, 0.717) is 6.61 Å². The number of carbonyl (C=O) groups excluding carboxylic acids is 1. The lowest BCUT2D eigenvalue weighted by atomic mass is 10.1. The van der Waals surface area contributed by atoms with Gasteiger partial charge in [-0.2, -0.15) is 0 Å². The molecular weight excluding hydrogens is 176 g/mol. The van der Waals surface area contributed by atoms with Crippen LogP contribution in [0, 0.1) is 0 Å². The Balaban J connectivity index is 2.10. The van der Waals surface area contributed by atoms with E-state index in [0.717, 1.165) is 12.8 Å². The highest BCUT2D eigenvalue weighted by atomic mass is 16.5. The maximum absolute atomic E-state index is 10.9. The van der Waals surface area contributed by atoms with E-state index in [9.17, 15) is 4.79 Å². The quantitative estimate of drug-likeness (QED) is 0.382. The number of allylic oxidation sites excluding steroid dienone is 3. The molecule has 0 aliphatic heterocycles. The number of carbonyl (C=O) groups is 1. The molecule has 0 aromatic heterocycles. The minimum absolute atomic E-state index is 0.229. The molecule has 0 fully saturated rings. The van der Waals surface area contributed by atoms with Crippen LogP contribution in [0.4, 0.5) is 0 Å². The minimum atomic E-state index is -0.229. The Labute approximate surface area is 85.6 Å². The number of hydrogen-bond acceptors (Lipinski definition) is 2. The van der Waals surface area contributed by atoms with Crippen LogP contribution in [0.25, 0.3) is 0 Å². The molecule has 1 aliphatic rings. The van der Waals surface area contributed by atoms with E-state index in [1.165, 1.54) is 25.3 Å². The molecule has 2 heteroatoms. The summed E-state index contributed by atoms with van der Waals surface area (Å²) >= 11 is 0. The second-order valence-corrected chi connectivity index (χ2v) is 3.45. The molecule has 0 spiro atoms. The molecule has 0 amide bonds. The van der Waals surface area contributed by atoms with E-state index in [2.05, 4.69) is 6.08 Å². The first-order valence-corrected chi connectivity index (χ1v) is 5.34. The zero-order valence-corrected chi connectivity index (χ0v) is 8.79. The van der Waals surface area contributed by atoms with E-state index in [1.807, 2.05) is 13.0 Å². The first-order valence-electron chi connectivity index (χ1n) is 5.34. The molecule has 1 aliphatic carbocycles. The van der Waals surface area contributed by atoms with Crippen molar-refractivity contribution in [3.05, 3.63) is 23.8 Å². The van der Waals surface area contributed by atoms with Crippen molar-refractivity contribution in [2.45, 2.75) is 39.0 Å². The molecule has 0 saturated heterocycles. The second kappa shape index (κ2) is 6.41. The zero-order valence-electron chi connectivity index (χ0n) is 8.79. The Morgan fingerprint density at radius 1 is 1.64 bits per heavy atom. The summed E-state index contributed by atoms with van der Waals surface area (Å²) in [5.74, 6) is -0.229. The summed E-state index contributed by atoms with van der Waals surface area (Å²) < 4.78 is 4.77. The molecule has 0 radical (unpaired) electrons.